The molecule has 0 radical (unpaired) electrons. The number of carbonyl (C=O) groups excluding carboxylic acids is 2. The average molecular weight is 397 g/mol. The topological polar surface area (TPSA) is 49.4 Å². The molecule has 1 aliphatic heterocycles. The van der Waals surface area contributed by atoms with Crippen molar-refractivity contribution < 1.29 is 9.59 Å². The molecule has 1 saturated heterocycles. The summed E-state index contributed by atoms with van der Waals surface area (Å²) in [6.45, 7) is 4.35. The highest BCUT2D eigenvalue weighted by Crippen LogP contribution is 2.29. The van der Waals surface area contributed by atoms with Crippen molar-refractivity contribution >= 4 is 29.3 Å². The molecule has 1 N–H and O–H groups in total. The van der Waals surface area contributed by atoms with E-state index in [-0.39, 0.29) is 17.1 Å². The van der Waals surface area contributed by atoms with Crippen molar-refractivity contribution in [1.29, 1.82) is 0 Å². The minimum atomic E-state index is -0.121. The molecule has 5 heteroatoms. The summed E-state index contributed by atoms with van der Waals surface area (Å²) < 4.78 is 0. The van der Waals surface area contributed by atoms with Crippen LogP contribution >= 0.6 is 11.8 Å². The number of nitrogens with zero attached hydrogens (tertiary/aromatic N) is 1. The molecule has 4 nitrogen and oxygen atoms in total. The van der Waals surface area contributed by atoms with E-state index in [4.69, 9.17) is 0 Å². The van der Waals surface area contributed by atoms with Crippen LogP contribution in [-0.4, -0.2) is 34.6 Å². The van der Waals surface area contributed by atoms with Gasteiger partial charge in [0.15, 0.2) is 0 Å². The summed E-state index contributed by atoms with van der Waals surface area (Å²) in [5, 5.41) is 2.64. The fraction of sp³-hybridized carbons (Fsp3) is 0.391. The van der Waals surface area contributed by atoms with E-state index in [1.165, 1.54) is 12.5 Å². The van der Waals surface area contributed by atoms with Crippen molar-refractivity contribution in [3.63, 3.8) is 0 Å². The maximum atomic E-state index is 13.0. The van der Waals surface area contributed by atoms with E-state index in [1.807, 2.05) is 37.3 Å². The molecular weight excluding hydrogens is 368 g/mol. The molecule has 28 heavy (non-hydrogen) atoms. The van der Waals surface area contributed by atoms with E-state index in [0.29, 0.717) is 6.04 Å². The van der Waals surface area contributed by atoms with Gasteiger partial charge in [-0.15, -0.1) is 11.8 Å². The van der Waals surface area contributed by atoms with E-state index >= 15 is 0 Å². The molecule has 1 heterocycles. The van der Waals surface area contributed by atoms with Gasteiger partial charge in [-0.05, 0) is 62.4 Å². The number of nitrogens with one attached hydrogen (secondary N) is 1. The van der Waals surface area contributed by atoms with E-state index < -0.39 is 0 Å². The van der Waals surface area contributed by atoms with Crippen LogP contribution in [0.3, 0.4) is 0 Å². The number of hydrogen-bond donors (Lipinski definition) is 1. The van der Waals surface area contributed by atoms with Crippen molar-refractivity contribution in [3.05, 3.63) is 60.2 Å². The number of amides is 2. The largest absolute Gasteiger partial charge is 0.339 e. The monoisotopic (exact) mass is 396 g/mol. The Labute approximate surface area is 171 Å². The highest BCUT2D eigenvalue weighted by atomic mass is 32.2. The highest BCUT2D eigenvalue weighted by Gasteiger charge is 2.31. The number of anilines is 1. The Hall–Kier alpha value is -2.27. The molecule has 0 spiro atoms. The number of hydrogen-bond acceptors (Lipinski definition) is 3. The van der Waals surface area contributed by atoms with Gasteiger partial charge in [-0.3, -0.25) is 9.59 Å². The third-order valence-corrected chi connectivity index (χ3v) is 6.20. The van der Waals surface area contributed by atoms with Crippen LogP contribution in [0.2, 0.25) is 0 Å². The number of rotatable bonds is 7. The molecule has 0 aromatic heterocycles. The lowest BCUT2D eigenvalue weighted by Gasteiger charge is -2.27. The van der Waals surface area contributed by atoms with Crippen LogP contribution in [0.25, 0.3) is 0 Å². The number of carbonyl (C=O) groups is 2. The van der Waals surface area contributed by atoms with Crippen LogP contribution in [0, 0.1) is 0 Å². The van der Waals surface area contributed by atoms with Gasteiger partial charge < -0.3 is 10.2 Å². The van der Waals surface area contributed by atoms with Gasteiger partial charge in [-0.25, -0.2) is 0 Å². The third-order valence-electron chi connectivity index (χ3n) is 5.10. The van der Waals surface area contributed by atoms with Gasteiger partial charge in [-0.1, -0.05) is 30.3 Å². The normalized spacial score (nSPS) is 17.4. The molecule has 3 rings (SSSR count). The van der Waals surface area contributed by atoms with Crippen LogP contribution in [0.4, 0.5) is 5.69 Å². The number of aryl methyl sites for hydroxylation is 1. The molecule has 2 amide bonds. The maximum Gasteiger partial charge on any atom is 0.236 e. The summed E-state index contributed by atoms with van der Waals surface area (Å²) in [5.74, 6) is 0.144. The Balaban J connectivity index is 1.54. The number of benzene rings is 2. The van der Waals surface area contributed by atoms with Crippen LogP contribution < -0.4 is 5.32 Å². The first-order valence-electron chi connectivity index (χ1n) is 9.91. The second-order valence-electron chi connectivity index (χ2n) is 7.32. The fourth-order valence-corrected chi connectivity index (χ4v) is 4.65. The maximum absolute atomic E-state index is 13.0. The summed E-state index contributed by atoms with van der Waals surface area (Å²) in [6, 6.07) is 18.5. The van der Waals surface area contributed by atoms with E-state index in [2.05, 4.69) is 34.5 Å². The predicted molar refractivity (Wildman–Crippen MR) is 116 cm³/mol. The van der Waals surface area contributed by atoms with E-state index in [9.17, 15) is 9.59 Å². The predicted octanol–water partition coefficient (Wildman–Crippen LogP) is 4.75. The second kappa shape index (κ2) is 9.78. The molecular formula is C23H28N2O2S. The molecule has 148 valence electrons. The van der Waals surface area contributed by atoms with Gasteiger partial charge in [0.2, 0.25) is 11.8 Å². The van der Waals surface area contributed by atoms with Crippen molar-refractivity contribution in [3.8, 4) is 0 Å². The van der Waals surface area contributed by atoms with Gasteiger partial charge >= 0.3 is 0 Å². The lowest BCUT2D eigenvalue weighted by Crippen LogP contribution is -2.40. The van der Waals surface area contributed by atoms with E-state index in [1.54, 1.807) is 11.8 Å². The first kappa shape index (κ1) is 20.5. The van der Waals surface area contributed by atoms with Crippen LogP contribution in [-0.2, 0) is 16.0 Å². The lowest BCUT2D eigenvalue weighted by molar-refractivity contribution is -0.131. The Kier molecular flexibility index (Phi) is 7.15. The lowest BCUT2D eigenvalue weighted by atomic mass is 10.0. The molecule has 2 aromatic carbocycles. The molecule has 1 aliphatic rings. The zero-order chi connectivity index (χ0) is 19.9. The summed E-state index contributed by atoms with van der Waals surface area (Å²) in [6.07, 6.45) is 4.23. The summed E-state index contributed by atoms with van der Waals surface area (Å²) in [7, 11) is 0. The quantitative estimate of drug-likeness (QED) is 0.687. The Bertz CT molecular complexity index is 792. The average Bonchev–Trinajstić information content (AvgIpc) is 3.16. The van der Waals surface area contributed by atoms with Crippen molar-refractivity contribution in [2.24, 2.45) is 0 Å². The minimum Gasteiger partial charge on any atom is -0.339 e. The van der Waals surface area contributed by atoms with Gasteiger partial charge in [0.25, 0.3) is 0 Å². The molecule has 0 saturated carbocycles. The van der Waals surface area contributed by atoms with Crippen LogP contribution in [0.5, 0.6) is 0 Å². The first-order chi connectivity index (χ1) is 13.5. The molecule has 0 bridgehead atoms. The van der Waals surface area contributed by atoms with E-state index in [0.717, 1.165) is 42.8 Å². The van der Waals surface area contributed by atoms with Gasteiger partial charge in [0.05, 0.1) is 5.25 Å². The standard InChI is InChI=1S/C23H28N2O2S/c1-17(28-22-14-11-20(12-15-22)24-18(2)26)23(27)25-16-6-9-21(25)13-10-19-7-4-3-5-8-19/h3-5,7-8,11-12,14-15,17,21H,6,9-10,13,16H2,1-2H3,(H,24,26). The summed E-state index contributed by atoms with van der Waals surface area (Å²) in [5.41, 5.74) is 2.11. The fourth-order valence-electron chi connectivity index (χ4n) is 3.71. The zero-order valence-corrected chi connectivity index (χ0v) is 17.4. The molecule has 0 aliphatic carbocycles. The first-order valence-corrected chi connectivity index (χ1v) is 10.8. The Morgan fingerprint density at radius 3 is 2.54 bits per heavy atom. The van der Waals surface area contributed by atoms with Crippen LogP contribution in [0.1, 0.15) is 38.7 Å². The smallest absolute Gasteiger partial charge is 0.236 e. The number of likely N-dealkylation sites (tertiary alicyclic amines) is 1. The van der Waals surface area contributed by atoms with Gasteiger partial charge in [-0.2, -0.15) is 0 Å². The number of thioether (sulfide) groups is 1. The zero-order valence-electron chi connectivity index (χ0n) is 16.6. The molecule has 2 aromatic rings. The van der Waals surface area contributed by atoms with Gasteiger partial charge in [0, 0.05) is 30.1 Å². The van der Waals surface area contributed by atoms with Crippen molar-refractivity contribution in [2.75, 3.05) is 11.9 Å². The summed E-state index contributed by atoms with van der Waals surface area (Å²) in [4.78, 5) is 27.3. The Morgan fingerprint density at radius 2 is 1.86 bits per heavy atom. The minimum absolute atomic E-state index is 0.0838. The van der Waals surface area contributed by atoms with Crippen molar-refractivity contribution in [1.82, 2.24) is 4.90 Å². The highest BCUT2D eigenvalue weighted by molar-refractivity contribution is 8.00. The molecule has 1 fully saturated rings. The third kappa shape index (κ3) is 5.61. The summed E-state index contributed by atoms with van der Waals surface area (Å²) >= 11 is 1.58. The molecule has 2 atom stereocenters. The second-order valence-corrected chi connectivity index (χ2v) is 8.73. The Morgan fingerprint density at radius 1 is 1.14 bits per heavy atom. The van der Waals surface area contributed by atoms with Crippen molar-refractivity contribution in [2.45, 2.75) is 55.7 Å². The molecule has 2 unspecified atom stereocenters. The SMILES string of the molecule is CC(=O)Nc1ccc(SC(C)C(=O)N2CCCC2CCc2ccccc2)cc1. The van der Waals surface area contributed by atoms with Crippen LogP contribution in [0.15, 0.2) is 59.5 Å². The van der Waals surface area contributed by atoms with Gasteiger partial charge in [0.1, 0.15) is 0 Å².